The predicted molar refractivity (Wildman–Crippen MR) is 117 cm³/mol. The monoisotopic (exact) mass is 405 g/mol. The smallest absolute Gasteiger partial charge is 0.210 e. The molecule has 0 aliphatic rings. The number of Topliss-reactive ketones (excluding diaryl/α,β-unsaturated/α-hetero) is 1. The largest absolute Gasteiger partial charge is 0.358 e. The van der Waals surface area contributed by atoms with Crippen molar-refractivity contribution in [1.29, 1.82) is 0 Å². The summed E-state index contributed by atoms with van der Waals surface area (Å²) < 4.78 is 1.50. The molecule has 0 saturated heterocycles. The molecular weight excluding hydrogens is 382 g/mol. The lowest BCUT2D eigenvalue weighted by Crippen LogP contribution is -2.16. The molecule has 7 heteroatoms. The van der Waals surface area contributed by atoms with E-state index in [1.165, 1.54) is 22.0 Å². The van der Waals surface area contributed by atoms with Crippen LogP contribution < -0.4 is 5.84 Å². The molecular formula is C22H23N5OS. The van der Waals surface area contributed by atoms with Gasteiger partial charge in [-0.15, -0.1) is 10.2 Å². The highest BCUT2D eigenvalue weighted by atomic mass is 32.2. The van der Waals surface area contributed by atoms with E-state index in [2.05, 4.69) is 34.2 Å². The third-order valence-electron chi connectivity index (χ3n) is 5.10. The number of nitrogen functional groups attached to an aromatic ring is 1. The van der Waals surface area contributed by atoms with E-state index in [4.69, 9.17) is 5.84 Å². The first-order valence-corrected chi connectivity index (χ1v) is 10.5. The van der Waals surface area contributed by atoms with E-state index < -0.39 is 0 Å². The van der Waals surface area contributed by atoms with Gasteiger partial charge in [-0.1, -0.05) is 67.2 Å². The number of nitrogens with one attached hydrogen (secondary N) is 1. The first-order chi connectivity index (χ1) is 14.0. The molecule has 3 N–H and O–H groups in total. The maximum absolute atomic E-state index is 12.9. The van der Waals surface area contributed by atoms with Gasteiger partial charge in [0, 0.05) is 28.6 Å². The second-order valence-corrected chi connectivity index (χ2v) is 8.11. The molecule has 29 heavy (non-hydrogen) atoms. The molecule has 0 aliphatic carbocycles. The van der Waals surface area contributed by atoms with Crippen molar-refractivity contribution in [2.75, 3.05) is 11.6 Å². The summed E-state index contributed by atoms with van der Waals surface area (Å²) in [5.41, 5.74) is 3.81. The molecule has 0 aliphatic heterocycles. The third kappa shape index (κ3) is 3.91. The van der Waals surface area contributed by atoms with Crippen molar-refractivity contribution in [3.8, 4) is 0 Å². The number of ketones is 1. The molecule has 0 unspecified atom stereocenters. The summed E-state index contributed by atoms with van der Waals surface area (Å²) in [5, 5.41) is 9.92. The Labute approximate surface area is 173 Å². The molecule has 0 saturated carbocycles. The van der Waals surface area contributed by atoms with Gasteiger partial charge in [0.25, 0.3) is 0 Å². The number of para-hydroxylation sites is 1. The van der Waals surface area contributed by atoms with E-state index in [9.17, 15) is 4.79 Å². The first-order valence-electron chi connectivity index (χ1n) is 9.52. The molecule has 0 bridgehead atoms. The van der Waals surface area contributed by atoms with Gasteiger partial charge in [0.2, 0.25) is 5.16 Å². The lowest BCUT2D eigenvalue weighted by molar-refractivity contribution is 0.102. The van der Waals surface area contributed by atoms with Gasteiger partial charge in [-0.05, 0) is 24.5 Å². The molecule has 2 aromatic carbocycles. The summed E-state index contributed by atoms with van der Waals surface area (Å²) in [4.78, 5) is 16.1. The molecule has 4 aromatic rings. The van der Waals surface area contributed by atoms with Crippen molar-refractivity contribution < 1.29 is 4.79 Å². The molecule has 0 amide bonds. The van der Waals surface area contributed by atoms with Crippen LogP contribution in [0.4, 0.5) is 0 Å². The number of aromatic nitrogens is 4. The Morgan fingerprint density at radius 3 is 2.66 bits per heavy atom. The minimum Gasteiger partial charge on any atom is -0.358 e. The molecule has 0 fully saturated rings. The highest BCUT2D eigenvalue weighted by Gasteiger charge is 2.19. The highest BCUT2D eigenvalue weighted by Crippen LogP contribution is 2.26. The summed E-state index contributed by atoms with van der Waals surface area (Å²) in [6, 6.07) is 18.1. The number of fused-ring (bicyclic) bond motifs is 1. The lowest BCUT2D eigenvalue weighted by atomic mass is 9.98. The van der Waals surface area contributed by atoms with E-state index in [-0.39, 0.29) is 17.5 Å². The lowest BCUT2D eigenvalue weighted by Gasteiger charge is -2.11. The summed E-state index contributed by atoms with van der Waals surface area (Å²) in [6.45, 7) is 4.06. The summed E-state index contributed by atoms with van der Waals surface area (Å²) in [6.07, 6.45) is 0.684. The summed E-state index contributed by atoms with van der Waals surface area (Å²) in [5.74, 6) is 7.49. The van der Waals surface area contributed by atoms with Crippen LogP contribution in [-0.4, -0.2) is 31.4 Å². The fourth-order valence-corrected chi connectivity index (χ4v) is 4.30. The third-order valence-corrected chi connectivity index (χ3v) is 6.04. The zero-order chi connectivity index (χ0) is 20.4. The summed E-state index contributed by atoms with van der Waals surface area (Å²) in [7, 11) is 0. The van der Waals surface area contributed by atoms with Gasteiger partial charge in [-0.3, -0.25) is 4.79 Å². The number of hydrogen-bond acceptors (Lipinski definition) is 5. The van der Waals surface area contributed by atoms with Crippen LogP contribution in [-0.2, 0) is 6.42 Å². The van der Waals surface area contributed by atoms with Crippen LogP contribution in [0.5, 0.6) is 0 Å². The molecule has 2 heterocycles. The van der Waals surface area contributed by atoms with E-state index in [1.807, 2.05) is 49.4 Å². The number of H-pyrrole nitrogens is 1. The number of carbonyl (C=O) groups is 1. The minimum absolute atomic E-state index is 0.0483. The maximum atomic E-state index is 12.9. The first kappa shape index (κ1) is 19.3. The number of thioether (sulfide) groups is 1. The normalized spacial score (nSPS) is 12.3. The Kier molecular flexibility index (Phi) is 5.40. The second kappa shape index (κ2) is 8.13. The molecule has 0 spiro atoms. The van der Waals surface area contributed by atoms with E-state index in [1.54, 1.807) is 0 Å². The average molecular weight is 406 g/mol. The van der Waals surface area contributed by atoms with E-state index in [0.717, 1.165) is 22.2 Å². The van der Waals surface area contributed by atoms with Crippen LogP contribution in [0.25, 0.3) is 10.9 Å². The Balaban J connectivity index is 1.45. The van der Waals surface area contributed by atoms with Gasteiger partial charge in [0.1, 0.15) is 0 Å². The Bertz CT molecular complexity index is 1150. The van der Waals surface area contributed by atoms with Crippen LogP contribution in [0.1, 0.15) is 40.3 Å². The zero-order valence-corrected chi connectivity index (χ0v) is 17.2. The number of hydrogen-bond donors (Lipinski definition) is 2. The number of benzene rings is 2. The van der Waals surface area contributed by atoms with Gasteiger partial charge in [-0.2, -0.15) is 0 Å². The molecule has 4 rings (SSSR count). The summed E-state index contributed by atoms with van der Waals surface area (Å²) >= 11 is 1.32. The quantitative estimate of drug-likeness (QED) is 0.274. The number of carbonyl (C=O) groups excluding carboxylic acids is 1. The van der Waals surface area contributed by atoms with Crippen molar-refractivity contribution in [1.82, 2.24) is 19.9 Å². The second-order valence-electron chi connectivity index (χ2n) is 7.17. The Hall–Kier alpha value is -3.06. The van der Waals surface area contributed by atoms with Crippen LogP contribution >= 0.6 is 11.8 Å². The molecule has 6 nitrogen and oxygen atoms in total. The van der Waals surface area contributed by atoms with Crippen molar-refractivity contribution >= 4 is 28.4 Å². The fourth-order valence-electron chi connectivity index (χ4n) is 3.56. The average Bonchev–Trinajstić information content (AvgIpc) is 3.25. The van der Waals surface area contributed by atoms with Crippen molar-refractivity contribution in [3.05, 3.63) is 77.2 Å². The number of rotatable bonds is 7. The van der Waals surface area contributed by atoms with Gasteiger partial charge in [0.15, 0.2) is 11.6 Å². The minimum atomic E-state index is 0.0483. The van der Waals surface area contributed by atoms with Gasteiger partial charge >= 0.3 is 0 Å². The van der Waals surface area contributed by atoms with Crippen molar-refractivity contribution in [3.63, 3.8) is 0 Å². The van der Waals surface area contributed by atoms with Crippen LogP contribution in [0.2, 0.25) is 0 Å². The van der Waals surface area contributed by atoms with E-state index >= 15 is 0 Å². The van der Waals surface area contributed by atoms with E-state index in [0.29, 0.717) is 17.4 Å². The van der Waals surface area contributed by atoms with Crippen LogP contribution in [0.3, 0.4) is 0 Å². The number of aromatic amines is 1. The van der Waals surface area contributed by atoms with Gasteiger partial charge in [0.05, 0.1) is 5.75 Å². The van der Waals surface area contributed by atoms with Gasteiger partial charge in [-0.25, -0.2) is 4.68 Å². The number of aryl methyl sites for hydroxylation is 1. The maximum Gasteiger partial charge on any atom is 0.210 e. The Morgan fingerprint density at radius 2 is 1.86 bits per heavy atom. The standard InChI is InChI=1S/C22H23N5OS/c1-14(16-8-4-3-5-9-16)12-20-25-26-22(27(20)23)29-13-19(28)21-15(2)24-18-11-7-6-10-17(18)21/h3-11,14,24H,12-13,23H2,1-2H3/t14-/m0/s1. The molecule has 2 aromatic heterocycles. The molecule has 0 radical (unpaired) electrons. The Morgan fingerprint density at radius 1 is 1.14 bits per heavy atom. The zero-order valence-electron chi connectivity index (χ0n) is 16.4. The SMILES string of the molecule is Cc1[nH]c2ccccc2c1C(=O)CSc1nnc(C[C@H](C)c2ccccc2)n1N. The predicted octanol–water partition coefficient (Wildman–Crippen LogP) is 4.10. The molecule has 148 valence electrons. The fraction of sp³-hybridized carbons (Fsp3) is 0.227. The van der Waals surface area contributed by atoms with Crippen LogP contribution in [0.15, 0.2) is 59.8 Å². The van der Waals surface area contributed by atoms with Crippen molar-refractivity contribution in [2.45, 2.75) is 31.3 Å². The highest BCUT2D eigenvalue weighted by molar-refractivity contribution is 7.99. The number of nitrogens with two attached hydrogens (primary N) is 1. The van der Waals surface area contributed by atoms with Gasteiger partial charge < -0.3 is 10.8 Å². The van der Waals surface area contributed by atoms with Crippen molar-refractivity contribution in [2.24, 2.45) is 0 Å². The number of nitrogens with zero attached hydrogens (tertiary/aromatic N) is 3. The topological polar surface area (TPSA) is 89.6 Å². The van der Waals surface area contributed by atoms with Crippen LogP contribution in [0, 0.1) is 6.92 Å². The molecule has 1 atom stereocenters.